The van der Waals surface area contributed by atoms with E-state index in [-0.39, 0.29) is 51.4 Å². The molecule has 0 fully saturated rings. The van der Waals surface area contributed by atoms with Crippen molar-refractivity contribution >= 4 is 79.2 Å². The minimum absolute atomic E-state index is 0. The standard InChI is InChI=1S/C14H9NO2.K/c16-14(17)10-5-3-7-13-11(10)8-9-4-1-2-6-12(9)15-13;/h1-8H,(H,16,17);. The molecule has 83 valence electrons. The fourth-order valence-corrected chi connectivity index (χ4v) is 1.99. The van der Waals surface area contributed by atoms with E-state index in [4.69, 9.17) is 5.11 Å². The number of aromatic nitrogens is 1. The minimum Gasteiger partial charge on any atom is -0.478 e. The van der Waals surface area contributed by atoms with E-state index in [2.05, 4.69) is 4.98 Å². The molecule has 2 aromatic carbocycles. The number of hydrogen-bond donors (Lipinski definition) is 1. The zero-order chi connectivity index (χ0) is 11.8. The molecule has 0 atom stereocenters. The van der Waals surface area contributed by atoms with E-state index in [1.54, 1.807) is 12.1 Å². The van der Waals surface area contributed by atoms with Gasteiger partial charge in [-0.2, -0.15) is 0 Å². The fourth-order valence-electron chi connectivity index (χ4n) is 1.99. The van der Waals surface area contributed by atoms with Crippen LogP contribution in [0.4, 0.5) is 0 Å². The van der Waals surface area contributed by atoms with Crippen molar-refractivity contribution in [2.75, 3.05) is 0 Å². The van der Waals surface area contributed by atoms with Gasteiger partial charge in [-0.3, -0.25) is 0 Å². The average molecular weight is 262 g/mol. The molecule has 0 unspecified atom stereocenters. The normalized spacial score (nSPS) is 10.2. The summed E-state index contributed by atoms with van der Waals surface area (Å²) in [5, 5.41) is 10.8. The molecule has 3 aromatic rings. The van der Waals surface area contributed by atoms with Gasteiger partial charge in [-0.25, -0.2) is 9.78 Å². The largest absolute Gasteiger partial charge is 0.478 e. The maximum atomic E-state index is 11.1. The molecular weight excluding hydrogens is 253 g/mol. The van der Waals surface area contributed by atoms with Gasteiger partial charge in [0.1, 0.15) is 0 Å². The molecule has 0 aliphatic carbocycles. The Morgan fingerprint density at radius 3 is 2.50 bits per heavy atom. The van der Waals surface area contributed by atoms with Crippen LogP contribution in [0.1, 0.15) is 10.4 Å². The van der Waals surface area contributed by atoms with Gasteiger partial charge in [0.25, 0.3) is 0 Å². The molecule has 1 radical (unpaired) electrons. The van der Waals surface area contributed by atoms with Crippen molar-refractivity contribution in [3.05, 3.63) is 54.1 Å². The van der Waals surface area contributed by atoms with Gasteiger partial charge >= 0.3 is 5.97 Å². The second kappa shape index (κ2) is 5.46. The summed E-state index contributed by atoms with van der Waals surface area (Å²) in [4.78, 5) is 15.6. The summed E-state index contributed by atoms with van der Waals surface area (Å²) < 4.78 is 0. The second-order valence-electron chi connectivity index (χ2n) is 3.86. The van der Waals surface area contributed by atoms with Crippen LogP contribution in [0, 0.1) is 0 Å². The summed E-state index contributed by atoms with van der Waals surface area (Å²) in [6.45, 7) is 0. The Kier molecular flexibility index (Phi) is 4.14. The van der Waals surface area contributed by atoms with E-state index in [1.807, 2.05) is 36.4 Å². The van der Waals surface area contributed by atoms with Gasteiger partial charge in [0.2, 0.25) is 0 Å². The van der Waals surface area contributed by atoms with Gasteiger partial charge < -0.3 is 5.11 Å². The molecule has 0 bridgehead atoms. The molecular formula is C14H9KNO2. The predicted molar refractivity (Wildman–Crippen MR) is 72.0 cm³/mol. The number of carboxylic acid groups (broad SMARTS) is 1. The van der Waals surface area contributed by atoms with E-state index in [1.165, 1.54) is 0 Å². The first-order valence-electron chi connectivity index (χ1n) is 5.27. The molecule has 1 N–H and O–H groups in total. The molecule has 1 heterocycles. The predicted octanol–water partition coefficient (Wildman–Crippen LogP) is 2.71. The summed E-state index contributed by atoms with van der Waals surface area (Å²) in [5.74, 6) is -0.923. The van der Waals surface area contributed by atoms with Crippen molar-refractivity contribution in [2.45, 2.75) is 0 Å². The minimum atomic E-state index is -0.923. The third-order valence-electron chi connectivity index (χ3n) is 2.79. The van der Waals surface area contributed by atoms with Gasteiger partial charge in [0, 0.05) is 62.2 Å². The van der Waals surface area contributed by atoms with Crippen LogP contribution in [0.15, 0.2) is 48.5 Å². The van der Waals surface area contributed by atoms with Crippen molar-refractivity contribution in [3.63, 3.8) is 0 Å². The van der Waals surface area contributed by atoms with Crippen molar-refractivity contribution in [1.29, 1.82) is 0 Å². The SMILES string of the molecule is O=C(O)c1cccc2nc3ccccc3cc12.[K]. The van der Waals surface area contributed by atoms with Crippen LogP contribution in [-0.4, -0.2) is 67.4 Å². The number of aromatic carboxylic acids is 1. The monoisotopic (exact) mass is 262 g/mol. The third kappa shape index (κ3) is 2.34. The van der Waals surface area contributed by atoms with Crippen LogP contribution in [-0.2, 0) is 0 Å². The number of benzene rings is 2. The van der Waals surface area contributed by atoms with Crippen molar-refractivity contribution in [1.82, 2.24) is 4.98 Å². The summed E-state index contributed by atoms with van der Waals surface area (Å²) in [6, 6.07) is 14.7. The van der Waals surface area contributed by atoms with E-state index < -0.39 is 5.97 Å². The smallest absolute Gasteiger partial charge is 0.336 e. The van der Waals surface area contributed by atoms with Crippen LogP contribution in [0.3, 0.4) is 0 Å². The molecule has 3 nitrogen and oxygen atoms in total. The molecule has 0 saturated heterocycles. The molecule has 4 heteroatoms. The van der Waals surface area contributed by atoms with Gasteiger partial charge in [0.15, 0.2) is 0 Å². The summed E-state index contributed by atoms with van der Waals surface area (Å²) in [5.41, 5.74) is 1.88. The maximum Gasteiger partial charge on any atom is 0.336 e. The number of rotatable bonds is 1. The fraction of sp³-hybridized carbons (Fsp3) is 0. The first-order valence-corrected chi connectivity index (χ1v) is 5.27. The number of nitrogens with zero attached hydrogens (tertiary/aromatic N) is 1. The summed E-state index contributed by atoms with van der Waals surface area (Å²) >= 11 is 0. The van der Waals surface area contributed by atoms with E-state index in [0.717, 1.165) is 10.9 Å². The zero-order valence-corrected chi connectivity index (χ0v) is 13.0. The molecule has 18 heavy (non-hydrogen) atoms. The Labute approximate surface area is 146 Å². The maximum absolute atomic E-state index is 11.1. The number of carbonyl (C=O) groups is 1. The van der Waals surface area contributed by atoms with Crippen LogP contribution < -0.4 is 0 Å². The molecule has 3 rings (SSSR count). The van der Waals surface area contributed by atoms with Crippen LogP contribution in [0.5, 0.6) is 0 Å². The van der Waals surface area contributed by atoms with E-state index >= 15 is 0 Å². The number of fused-ring (bicyclic) bond motifs is 2. The number of carboxylic acids is 1. The van der Waals surface area contributed by atoms with Crippen LogP contribution in [0.2, 0.25) is 0 Å². The quantitative estimate of drug-likeness (QED) is 0.542. The Balaban J connectivity index is 0.00000120. The number of hydrogen-bond acceptors (Lipinski definition) is 2. The van der Waals surface area contributed by atoms with Gasteiger partial charge in [-0.15, -0.1) is 0 Å². The first-order chi connectivity index (χ1) is 8.25. The van der Waals surface area contributed by atoms with Crippen molar-refractivity contribution in [3.8, 4) is 0 Å². The second-order valence-corrected chi connectivity index (χ2v) is 3.86. The van der Waals surface area contributed by atoms with Crippen LogP contribution >= 0.6 is 0 Å². The number of pyridine rings is 1. The Morgan fingerprint density at radius 1 is 1.00 bits per heavy atom. The molecule has 0 spiro atoms. The molecule has 0 aliphatic heterocycles. The van der Waals surface area contributed by atoms with Gasteiger partial charge in [-0.05, 0) is 24.3 Å². The number of para-hydroxylation sites is 1. The Hall–Kier alpha value is -0.784. The zero-order valence-electron chi connectivity index (χ0n) is 9.92. The molecule has 0 aliphatic rings. The Bertz CT molecular complexity index is 740. The average Bonchev–Trinajstić information content (AvgIpc) is 2.35. The first kappa shape index (κ1) is 13.6. The Morgan fingerprint density at radius 2 is 1.72 bits per heavy atom. The van der Waals surface area contributed by atoms with Crippen molar-refractivity contribution in [2.24, 2.45) is 0 Å². The molecule has 1 aromatic heterocycles. The van der Waals surface area contributed by atoms with Crippen molar-refractivity contribution < 1.29 is 9.90 Å². The van der Waals surface area contributed by atoms with E-state index in [9.17, 15) is 4.79 Å². The molecule has 0 saturated carbocycles. The third-order valence-corrected chi connectivity index (χ3v) is 2.79. The topological polar surface area (TPSA) is 50.2 Å². The van der Waals surface area contributed by atoms with Gasteiger partial charge in [-0.1, -0.05) is 24.3 Å². The van der Waals surface area contributed by atoms with Gasteiger partial charge in [0.05, 0.1) is 16.6 Å². The summed E-state index contributed by atoms with van der Waals surface area (Å²) in [7, 11) is 0. The summed E-state index contributed by atoms with van der Waals surface area (Å²) in [6.07, 6.45) is 0. The van der Waals surface area contributed by atoms with Crippen LogP contribution in [0.25, 0.3) is 21.8 Å². The molecule has 0 amide bonds. The van der Waals surface area contributed by atoms with E-state index in [0.29, 0.717) is 16.5 Å².